The van der Waals surface area contributed by atoms with Crippen molar-refractivity contribution in [3.63, 3.8) is 0 Å². The maximum absolute atomic E-state index is 11.3. The number of hydrogen-bond donors (Lipinski definition) is 0. The molecular formula is C12H20N2O4. The van der Waals surface area contributed by atoms with E-state index in [0.29, 0.717) is 0 Å². The highest BCUT2D eigenvalue weighted by molar-refractivity contribution is 5.73. The third-order valence-electron chi connectivity index (χ3n) is 2.57. The van der Waals surface area contributed by atoms with Crippen molar-refractivity contribution < 1.29 is 19.1 Å². The monoisotopic (exact) mass is 256 g/mol. The number of carbonyl (C=O) groups excluding carboxylic acids is 2. The summed E-state index contributed by atoms with van der Waals surface area (Å²) in [5.41, 5.74) is 0. The quantitative estimate of drug-likeness (QED) is 0.721. The minimum atomic E-state index is -0.857. The highest BCUT2D eigenvalue weighted by Crippen LogP contribution is 2.20. The molecule has 0 aromatic carbocycles. The predicted octanol–water partition coefficient (Wildman–Crippen LogP) is 3.70. The lowest BCUT2D eigenvalue weighted by Gasteiger charge is -2.20. The number of hydrogen-bond acceptors (Lipinski definition) is 4. The molecule has 1 rings (SSSR count). The predicted molar refractivity (Wildman–Crippen MR) is 64.4 cm³/mol. The Morgan fingerprint density at radius 2 is 1.72 bits per heavy atom. The first-order valence-corrected chi connectivity index (χ1v) is 6.37. The van der Waals surface area contributed by atoms with Crippen LogP contribution >= 0.6 is 0 Å². The molecular weight excluding hydrogens is 236 g/mol. The second-order valence-corrected chi connectivity index (χ2v) is 4.81. The van der Waals surface area contributed by atoms with Crippen LogP contribution in [-0.2, 0) is 9.47 Å². The average Bonchev–Trinajstić information content (AvgIpc) is 2.35. The molecule has 0 bridgehead atoms. The lowest BCUT2D eigenvalue weighted by molar-refractivity contribution is 0.0811. The maximum Gasteiger partial charge on any atom is 0.452 e. The highest BCUT2D eigenvalue weighted by Gasteiger charge is 2.17. The smallest absolute Gasteiger partial charge is 0.447 e. The van der Waals surface area contributed by atoms with Gasteiger partial charge in [-0.05, 0) is 31.6 Å². The van der Waals surface area contributed by atoms with Crippen LogP contribution in [0.4, 0.5) is 9.59 Å². The van der Waals surface area contributed by atoms with Crippen LogP contribution in [0.25, 0.3) is 0 Å². The van der Waals surface area contributed by atoms with Crippen LogP contribution in [0.2, 0.25) is 0 Å². The lowest BCUT2D eigenvalue weighted by Crippen LogP contribution is -2.19. The summed E-state index contributed by atoms with van der Waals surface area (Å²) < 4.78 is 9.80. The van der Waals surface area contributed by atoms with E-state index in [2.05, 4.69) is 10.2 Å². The molecule has 18 heavy (non-hydrogen) atoms. The van der Waals surface area contributed by atoms with Gasteiger partial charge in [0, 0.05) is 0 Å². The number of nitrogens with zero attached hydrogens (tertiary/aromatic N) is 2. The minimum Gasteiger partial charge on any atom is -0.447 e. The van der Waals surface area contributed by atoms with Crippen molar-refractivity contribution in [2.75, 3.05) is 6.61 Å². The zero-order valence-corrected chi connectivity index (χ0v) is 10.9. The van der Waals surface area contributed by atoms with Gasteiger partial charge in [-0.3, -0.25) is 0 Å². The van der Waals surface area contributed by atoms with Crippen molar-refractivity contribution in [1.29, 1.82) is 0 Å². The standard InChI is InChI=1S/C12H20N2O4/c1-9(2)8-17-11(15)13-14-12(16)18-10-6-4-3-5-7-10/h9-10H,3-8H2,1-2H3/b14-13+. The van der Waals surface area contributed by atoms with Gasteiger partial charge in [-0.25, -0.2) is 9.59 Å². The van der Waals surface area contributed by atoms with Crippen molar-refractivity contribution >= 4 is 12.2 Å². The van der Waals surface area contributed by atoms with Crippen LogP contribution in [0.3, 0.4) is 0 Å². The molecule has 0 aliphatic heterocycles. The molecule has 1 saturated carbocycles. The Balaban J connectivity index is 2.23. The van der Waals surface area contributed by atoms with Crippen LogP contribution in [0.15, 0.2) is 10.2 Å². The van der Waals surface area contributed by atoms with E-state index in [4.69, 9.17) is 9.47 Å². The molecule has 1 aliphatic carbocycles. The summed E-state index contributed by atoms with van der Waals surface area (Å²) in [6, 6.07) is 0. The third-order valence-corrected chi connectivity index (χ3v) is 2.57. The van der Waals surface area contributed by atoms with Crippen molar-refractivity contribution in [3.05, 3.63) is 0 Å². The van der Waals surface area contributed by atoms with Crippen LogP contribution < -0.4 is 0 Å². The number of ether oxygens (including phenoxy) is 2. The normalized spacial score (nSPS) is 17.1. The second kappa shape index (κ2) is 7.79. The Bertz CT molecular complexity index is 309. The average molecular weight is 256 g/mol. The Morgan fingerprint density at radius 1 is 1.11 bits per heavy atom. The summed E-state index contributed by atoms with van der Waals surface area (Å²) in [7, 11) is 0. The molecule has 0 N–H and O–H groups in total. The van der Waals surface area contributed by atoms with E-state index in [1.165, 1.54) is 6.42 Å². The van der Waals surface area contributed by atoms with E-state index in [1.54, 1.807) is 0 Å². The molecule has 0 aromatic rings. The number of carbonyl (C=O) groups is 2. The van der Waals surface area contributed by atoms with E-state index in [1.807, 2.05) is 13.8 Å². The van der Waals surface area contributed by atoms with E-state index in [0.717, 1.165) is 25.7 Å². The van der Waals surface area contributed by atoms with Crippen LogP contribution in [-0.4, -0.2) is 24.9 Å². The summed E-state index contributed by atoms with van der Waals surface area (Å²) >= 11 is 0. The van der Waals surface area contributed by atoms with Crippen molar-refractivity contribution in [2.45, 2.75) is 52.1 Å². The minimum absolute atomic E-state index is 0.0862. The maximum atomic E-state index is 11.3. The molecule has 0 saturated heterocycles. The fourth-order valence-corrected chi connectivity index (χ4v) is 1.70. The molecule has 0 unspecified atom stereocenters. The van der Waals surface area contributed by atoms with Crippen molar-refractivity contribution in [1.82, 2.24) is 0 Å². The van der Waals surface area contributed by atoms with E-state index in [-0.39, 0.29) is 18.6 Å². The number of azo groups is 1. The molecule has 1 aliphatic rings. The molecule has 0 spiro atoms. The molecule has 0 aromatic heterocycles. The van der Waals surface area contributed by atoms with Crippen molar-refractivity contribution in [3.8, 4) is 0 Å². The van der Waals surface area contributed by atoms with Gasteiger partial charge in [-0.2, -0.15) is 0 Å². The van der Waals surface area contributed by atoms with Crippen molar-refractivity contribution in [2.24, 2.45) is 16.1 Å². The third kappa shape index (κ3) is 6.32. The molecule has 6 heteroatoms. The molecule has 1 fully saturated rings. The van der Waals surface area contributed by atoms with Gasteiger partial charge in [0.2, 0.25) is 0 Å². The lowest BCUT2D eigenvalue weighted by atomic mass is 9.98. The van der Waals surface area contributed by atoms with E-state index >= 15 is 0 Å². The van der Waals surface area contributed by atoms with Gasteiger partial charge in [0.25, 0.3) is 0 Å². The van der Waals surface area contributed by atoms with Gasteiger partial charge < -0.3 is 9.47 Å². The Kier molecular flexibility index (Phi) is 6.32. The molecule has 2 amide bonds. The summed E-state index contributed by atoms with van der Waals surface area (Å²) in [6.45, 7) is 4.07. The summed E-state index contributed by atoms with van der Waals surface area (Å²) in [5, 5.41) is 6.34. The number of rotatable bonds is 3. The van der Waals surface area contributed by atoms with Crippen LogP contribution in [0.5, 0.6) is 0 Å². The van der Waals surface area contributed by atoms with Gasteiger partial charge in [-0.15, -0.1) is 0 Å². The van der Waals surface area contributed by atoms with E-state index in [9.17, 15) is 9.59 Å². The first kappa shape index (κ1) is 14.6. The van der Waals surface area contributed by atoms with Crippen LogP contribution in [0, 0.1) is 5.92 Å². The second-order valence-electron chi connectivity index (χ2n) is 4.81. The fourth-order valence-electron chi connectivity index (χ4n) is 1.70. The Morgan fingerprint density at radius 3 is 2.33 bits per heavy atom. The Labute approximate surface area is 107 Å². The first-order chi connectivity index (χ1) is 8.58. The van der Waals surface area contributed by atoms with Crippen LogP contribution in [0.1, 0.15) is 46.0 Å². The molecule has 102 valence electrons. The summed E-state index contributed by atoms with van der Waals surface area (Å²) in [6.07, 6.45) is 3.26. The molecule has 0 radical (unpaired) electrons. The first-order valence-electron chi connectivity index (χ1n) is 6.37. The largest absolute Gasteiger partial charge is 0.452 e. The highest BCUT2D eigenvalue weighted by atomic mass is 16.6. The summed E-state index contributed by atoms with van der Waals surface area (Å²) in [5.74, 6) is 0.221. The molecule has 6 nitrogen and oxygen atoms in total. The fraction of sp³-hybridized carbons (Fsp3) is 0.833. The summed E-state index contributed by atoms with van der Waals surface area (Å²) in [4.78, 5) is 22.3. The zero-order valence-electron chi connectivity index (χ0n) is 10.9. The molecule has 0 atom stereocenters. The van der Waals surface area contributed by atoms with Gasteiger partial charge in [0.05, 0.1) is 6.61 Å². The van der Waals surface area contributed by atoms with E-state index < -0.39 is 12.2 Å². The van der Waals surface area contributed by atoms with Gasteiger partial charge >= 0.3 is 12.2 Å². The van der Waals surface area contributed by atoms with Gasteiger partial charge in [-0.1, -0.05) is 30.5 Å². The van der Waals surface area contributed by atoms with Gasteiger partial charge in [0.15, 0.2) is 0 Å². The zero-order chi connectivity index (χ0) is 13.4. The SMILES string of the molecule is CC(C)COC(=O)/N=N/C(=O)OC1CCCCC1. The van der Waals surface area contributed by atoms with Gasteiger partial charge in [0.1, 0.15) is 6.10 Å². The Hall–Kier alpha value is -1.46. The number of amides is 2. The molecule has 0 heterocycles. The topological polar surface area (TPSA) is 77.3 Å².